The number of rotatable bonds is 1. The maximum atomic E-state index is 4.17. The Morgan fingerprint density at radius 1 is 1.08 bits per heavy atom. The van der Waals surface area contributed by atoms with Gasteiger partial charge in [-0.05, 0) is 18.9 Å². The highest BCUT2D eigenvalue weighted by Gasteiger charge is 1.99. The van der Waals surface area contributed by atoms with Crippen molar-refractivity contribution < 1.29 is 0 Å². The SMILES string of the molecule is Sn1nccc1-c1ccccc1. The van der Waals surface area contributed by atoms with E-state index >= 15 is 0 Å². The first kappa shape index (κ1) is 7.43. The number of hydrogen-bond donors (Lipinski definition) is 1. The second-order valence-electron chi connectivity index (χ2n) is 2.47. The molecule has 0 amide bonds. The Labute approximate surface area is 76.4 Å². The zero-order chi connectivity index (χ0) is 8.39. The molecule has 0 aliphatic heterocycles. The van der Waals surface area contributed by atoms with Gasteiger partial charge in [0, 0.05) is 5.56 Å². The largest absolute Gasteiger partial charge is 0.209 e. The van der Waals surface area contributed by atoms with Gasteiger partial charge in [0.1, 0.15) is 0 Å². The molecule has 0 aliphatic carbocycles. The lowest BCUT2D eigenvalue weighted by atomic mass is 10.2. The fourth-order valence-electron chi connectivity index (χ4n) is 1.12. The molecule has 0 saturated heterocycles. The first-order valence-corrected chi connectivity index (χ1v) is 4.06. The molecule has 0 radical (unpaired) electrons. The topological polar surface area (TPSA) is 17.8 Å². The van der Waals surface area contributed by atoms with Crippen LogP contribution in [0.4, 0.5) is 0 Å². The molecule has 2 aromatic rings. The molecule has 0 N–H and O–H groups in total. The Hall–Kier alpha value is -1.22. The van der Waals surface area contributed by atoms with Crippen molar-refractivity contribution >= 4 is 12.8 Å². The molecule has 3 heteroatoms. The molecule has 0 spiro atoms. The molecule has 0 unspecified atom stereocenters. The van der Waals surface area contributed by atoms with Crippen LogP contribution in [-0.2, 0) is 0 Å². The molecule has 1 heterocycles. The van der Waals surface area contributed by atoms with Crippen LogP contribution in [0.25, 0.3) is 11.3 Å². The normalized spacial score (nSPS) is 10.1. The first-order chi connectivity index (χ1) is 5.88. The van der Waals surface area contributed by atoms with Crippen LogP contribution >= 0.6 is 12.8 Å². The summed E-state index contributed by atoms with van der Waals surface area (Å²) in [5.74, 6) is 0. The average Bonchev–Trinajstić information content (AvgIpc) is 2.53. The van der Waals surface area contributed by atoms with E-state index in [1.165, 1.54) is 0 Å². The lowest BCUT2D eigenvalue weighted by Crippen LogP contribution is -1.85. The Balaban J connectivity index is 2.51. The van der Waals surface area contributed by atoms with E-state index in [9.17, 15) is 0 Å². The summed E-state index contributed by atoms with van der Waals surface area (Å²) in [5.41, 5.74) is 2.14. The predicted octanol–water partition coefficient (Wildman–Crippen LogP) is 2.24. The lowest BCUT2D eigenvalue weighted by molar-refractivity contribution is 1.03. The van der Waals surface area contributed by atoms with Crippen LogP contribution in [0.5, 0.6) is 0 Å². The van der Waals surface area contributed by atoms with Gasteiger partial charge in [0.15, 0.2) is 0 Å². The van der Waals surface area contributed by atoms with Crippen molar-refractivity contribution in [1.82, 2.24) is 9.19 Å². The van der Waals surface area contributed by atoms with E-state index < -0.39 is 0 Å². The van der Waals surface area contributed by atoms with Gasteiger partial charge in [-0.2, -0.15) is 5.10 Å². The molecule has 1 aromatic carbocycles. The van der Waals surface area contributed by atoms with Crippen LogP contribution < -0.4 is 0 Å². The van der Waals surface area contributed by atoms with Gasteiger partial charge < -0.3 is 0 Å². The number of hydrogen-bond acceptors (Lipinski definition) is 2. The van der Waals surface area contributed by atoms with Gasteiger partial charge >= 0.3 is 0 Å². The molecule has 2 nitrogen and oxygen atoms in total. The molecule has 0 bridgehead atoms. The maximum Gasteiger partial charge on any atom is 0.0808 e. The summed E-state index contributed by atoms with van der Waals surface area (Å²) < 4.78 is 1.56. The average molecular weight is 176 g/mol. The van der Waals surface area contributed by atoms with E-state index in [1.807, 2.05) is 36.4 Å². The van der Waals surface area contributed by atoms with E-state index in [4.69, 9.17) is 0 Å². The minimum absolute atomic E-state index is 1.01. The Morgan fingerprint density at radius 3 is 2.42 bits per heavy atom. The summed E-state index contributed by atoms with van der Waals surface area (Å²) in [6.45, 7) is 0. The Bertz CT molecular complexity index is 367. The summed E-state index contributed by atoms with van der Waals surface area (Å²) in [6.07, 6.45) is 1.73. The van der Waals surface area contributed by atoms with Crippen molar-refractivity contribution in [2.45, 2.75) is 0 Å². The number of thiol groups is 1. The third-order valence-corrected chi connectivity index (χ3v) is 2.01. The van der Waals surface area contributed by atoms with Crippen molar-refractivity contribution in [3.63, 3.8) is 0 Å². The second kappa shape index (κ2) is 3.03. The van der Waals surface area contributed by atoms with Gasteiger partial charge in [-0.3, -0.25) is 0 Å². The van der Waals surface area contributed by atoms with Gasteiger partial charge in [-0.15, -0.1) is 0 Å². The molecule has 0 saturated carbocycles. The zero-order valence-corrected chi connectivity index (χ0v) is 7.28. The van der Waals surface area contributed by atoms with Crippen molar-refractivity contribution in [3.8, 4) is 11.3 Å². The van der Waals surface area contributed by atoms with Gasteiger partial charge in [-0.25, -0.2) is 4.09 Å². The zero-order valence-electron chi connectivity index (χ0n) is 6.38. The summed E-state index contributed by atoms with van der Waals surface area (Å²) in [5, 5.41) is 3.97. The number of aromatic nitrogens is 2. The molecule has 2 rings (SSSR count). The van der Waals surface area contributed by atoms with E-state index in [1.54, 1.807) is 10.3 Å². The summed E-state index contributed by atoms with van der Waals surface area (Å²) >= 11 is 4.17. The molecule has 1 aromatic heterocycles. The fourth-order valence-corrected chi connectivity index (χ4v) is 1.36. The van der Waals surface area contributed by atoms with Crippen LogP contribution in [0.15, 0.2) is 42.6 Å². The molecule has 12 heavy (non-hydrogen) atoms. The molecule has 0 aliphatic rings. The monoisotopic (exact) mass is 176 g/mol. The van der Waals surface area contributed by atoms with Gasteiger partial charge in [0.05, 0.1) is 11.9 Å². The summed E-state index contributed by atoms with van der Waals surface area (Å²) in [4.78, 5) is 0. The highest BCUT2D eigenvalue weighted by Crippen LogP contribution is 2.18. The molecular weight excluding hydrogens is 168 g/mol. The minimum atomic E-state index is 1.01. The van der Waals surface area contributed by atoms with Crippen LogP contribution in [0, 0.1) is 0 Å². The molecule has 60 valence electrons. The fraction of sp³-hybridized carbons (Fsp3) is 0. The van der Waals surface area contributed by atoms with E-state index in [2.05, 4.69) is 17.9 Å². The first-order valence-electron chi connectivity index (χ1n) is 3.66. The highest BCUT2D eigenvalue weighted by molar-refractivity contribution is 7.78. The number of benzene rings is 1. The van der Waals surface area contributed by atoms with Gasteiger partial charge in [-0.1, -0.05) is 30.3 Å². The highest BCUT2D eigenvalue weighted by atomic mass is 32.1. The Kier molecular flexibility index (Phi) is 1.87. The Morgan fingerprint density at radius 2 is 1.83 bits per heavy atom. The number of nitrogens with zero attached hydrogens (tertiary/aromatic N) is 2. The van der Waals surface area contributed by atoms with Crippen molar-refractivity contribution in [1.29, 1.82) is 0 Å². The predicted molar refractivity (Wildman–Crippen MR) is 52.0 cm³/mol. The van der Waals surface area contributed by atoms with Gasteiger partial charge in [0.2, 0.25) is 0 Å². The maximum absolute atomic E-state index is 4.17. The third-order valence-electron chi connectivity index (χ3n) is 1.69. The molecule has 0 atom stereocenters. The quantitative estimate of drug-likeness (QED) is 0.660. The smallest absolute Gasteiger partial charge is 0.0808 e. The minimum Gasteiger partial charge on any atom is -0.209 e. The van der Waals surface area contributed by atoms with Crippen LogP contribution in [-0.4, -0.2) is 9.19 Å². The lowest BCUT2D eigenvalue weighted by Gasteiger charge is -1.98. The van der Waals surface area contributed by atoms with Gasteiger partial charge in [0.25, 0.3) is 0 Å². The van der Waals surface area contributed by atoms with Crippen molar-refractivity contribution in [2.24, 2.45) is 0 Å². The van der Waals surface area contributed by atoms with Crippen LogP contribution in [0.1, 0.15) is 0 Å². The van der Waals surface area contributed by atoms with E-state index in [0.29, 0.717) is 0 Å². The summed E-state index contributed by atoms with van der Waals surface area (Å²) in [6, 6.07) is 12.0. The van der Waals surface area contributed by atoms with Crippen LogP contribution in [0.2, 0.25) is 0 Å². The standard InChI is InChI=1S/C9H8N2S/c12-11-9(6-7-10-11)8-4-2-1-3-5-8/h1-7,12H. The second-order valence-corrected chi connectivity index (χ2v) is 2.85. The molecule has 0 fully saturated rings. The summed E-state index contributed by atoms with van der Waals surface area (Å²) in [7, 11) is 0. The van der Waals surface area contributed by atoms with Crippen molar-refractivity contribution in [3.05, 3.63) is 42.6 Å². The van der Waals surface area contributed by atoms with Crippen LogP contribution in [0.3, 0.4) is 0 Å². The molecular formula is C9H8N2S. The van der Waals surface area contributed by atoms with E-state index in [0.717, 1.165) is 11.3 Å². The van der Waals surface area contributed by atoms with Crippen molar-refractivity contribution in [2.75, 3.05) is 0 Å². The third kappa shape index (κ3) is 1.23. The van der Waals surface area contributed by atoms with E-state index in [-0.39, 0.29) is 0 Å².